The Morgan fingerprint density at radius 2 is 1.78 bits per heavy atom. The van der Waals surface area contributed by atoms with Crippen molar-refractivity contribution < 1.29 is 4.42 Å². The van der Waals surface area contributed by atoms with Crippen LogP contribution >= 0.6 is 0 Å². The highest BCUT2D eigenvalue weighted by atomic mass is 16.4. The van der Waals surface area contributed by atoms with E-state index in [0.29, 0.717) is 0 Å². The number of aromatic nitrogens is 1. The molecule has 0 bridgehead atoms. The van der Waals surface area contributed by atoms with E-state index in [1.165, 1.54) is 37.7 Å². The van der Waals surface area contributed by atoms with Crippen molar-refractivity contribution in [1.29, 1.82) is 0 Å². The highest BCUT2D eigenvalue weighted by molar-refractivity contribution is 5.59. The van der Waals surface area contributed by atoms with E-state index in [4.69, 9.17) is 10.2 Å². The Balaban J connectivity index is 1.80. The molecule has 0 radical (unpaired) electrons. The van der Waals surface area contributed by atoms with Crippen molar-refractivity contribution in [2.75, 3.05) is 5.73 Å². The Morgan fingerprint density at radius 1 is 1.06 bits per heavy atom. The lowest BCUT2D eigenvalue weighted by Crippen LogP contribution is -2.04. The minimum Gasteiger partial charge on any atom is -0.432 e. The zero-order valence-corrected chi connectivity index (χ0v) is 10.4. The molecule has 18 heavy (non-hydrogen) atoms. The van der Waals surface area contributed by atoms with Gasteiger partial charge in [-0.1, -0.05) is 43.5 Å². The van der Waals surface area contributed by atoms with Crippen LogP contribution in [0, 0.1) is 0 Å². The predicted molar refractivity (Wildman–Crippen MR) is 72.2 cm³/mol. The minimum atomic E-state index is 0.223. The van der Waals surface area contributed by atoms with E-state index in [0.717, 1.165) is 17.2 Å². The molecule has 2 N–H and O–H groups in total. The smallest absolute Gasteiger partial charge is 0.292 e. The van der Waals surface area contributed by atoms with Crippen molar-refractivity contribution in [2.45, 2.75) is 38.0 Å². The average molecular weight is 242 g/mol. The van der Waals surface area contributed by atoms with Crippen molar-refractivity contribution in [1.82, 2.24) is 4.98 Å². The first-order valence-corrected chi connectivity index (χ1v) is 6.64. The summed E-state index contributed by atoms with van der Waals surface area (Å²) in [5.41, 5.74) is 8.81. The molecule has 0 atom stereocenters. The SMILES string of the molecule is Nc1nc(-c2ccc(C3CCCCC3)cc2)co1. The molecule has 2 aromatic rings. The van der Waals surface area contributed by atoms with E-state index in [9.17, 15) is 0 Å². The van der Waals surface area contributed by atoms with Crippen molar-refractivity contribution in [3.63, 3.8) is 0 Å². The number of hydrogen-bond donors (Lipinski definition) is 1. The molecular formula is C15H18N2O. The molecule has 1 fully saturated rings. The van der Waals surface area contributed by atoms with E-state index in [1.807, 2.05) is 0 Å². The average Bonchev–Trinajstić information content (AvgIpc) is 2.87. The number of oxazole rings is 1. The van der Waals surface area contributed by atoms with Gasteiger partial charge in [-0.25, -0.2) is 0 Å². The fourth-order valence-corrected chi connectivity index (χ4v) is 2.78. The number of nitrogens with zero attached hydrogens (tertiary/aromatic N) is 1. The fraction of sp³-hybridized carbons (Fsp3) is 0.400. The molecule has 1 saturated carbocycles. The topological polar surface area (TPSA) is 52.0 Å². The van der Waals surface area contributed by atoms with Gasteiger partial charge >= 0.3 is 0 Å². The van der Waals surface area contributed by atoms with Gasteiger partial charge in [0.05, 0.1) is 0 Å². The summed E-state index contributed by atoms with van der Waals surface area (Å²) in [6.45, 7) is 0. The molecule has 0 unspecified atom stereocenters. The van der Waals surface area contributed by atoms with Gasteiger partial charge in [0, 0.05) is 5.56 Å². The van der Waals surface area contributed by atoms with Crippen molar-refractivity contribution in [3.05, 3.63) is 36.1 Å². The summed E-state index contributed by atoms with van der Waals surface area (Å²) in [5.74, 6) is 0.746. The van der Waals surface area contributed by atoms with Crippen molar-refractivity contribution >= 4 is 6.01 Å². The van der Waals surface area contributed by atoms with Crippen LogP contribution in [0.2, 0.25) is 0 Å². The molecule has 1 aliphatic carbocycles. The largest absolute Gasteiger partial charge is 0.432 e. The monoisotopic (exact) mass is 242 g/mol. The van der Waals surface area contributed by atoms with Crippen molar-refractivity contribution in [3.8, 4) is 11.3 Å². The molecule has 1 heterocycles. The zero-order chi connectivity index (χ0) is 12.4. The van der Waals surface area contributed by atoms with E-state index in [1.54, 1.807) is 6.26 Å². The fourth-order valence-electron chi connectivity index (χ4n) is 2.78. The molecule has 0 spiro atoms. The van der Waals surface area contributed by atoms with E-state index in [2.05, 4.69) is 29.2 Å². The number of rotatable bonds is 2. The normalized spacial score (nSPS) is 16.9. The molecule has 3 heteroatoms. The van der Waals surface area contributed by atoms with Crippen LogP contribution in [0.1, 0.15) is 43.6 Å². The molecular weight excluding hydrogens is 224 g/mol. The van der Waals surface area contributed by atoms with Crippen LogP contribution in [0.5, 0.6) is 0 Å². The van der Waals surface area contributed by atoms with Gasteiger partial charge in [-0.3, -0.25) is 0 Å². The molecule has 3 rings (SSSR count). The van der Waals surface area contributed by atoms with Gasteiger partial charge < -0.3 is 10.2 Å². The van der Waals surface area contributed by atoms with Gasteiger partial charge in [-0.15, -0.1) is 0 Å². The first kappa shape index (κ1) is 11.3. The number of benzene rings is 1. The van der Waals surface area contributed by atoms with Crippen LogP contribution in [0.15, 0.2) is 34.9 Å². The molecule has 3 nitrogen and oxygen atoms in total. The van der Waals surface area contributed by atoms with Crippen LogP contribution in [-0.4, -0.2) is 4.98 Å². The Kier molecular flexibility index (Phi) is 3.05. The van der Waals surface area contributed by atoms with Gasteiger partial charge in [0.15, 0.2) is 0 Å². The Labute approximate surface area is 107 Å². The summed E-state index contributed by atoms with van der Waals surface area (Å²) in [5, 5.41) is 0. The first-order chi connectivity index (χ1) is 8.83. The number of hydrogen-bond acceptors (Lipinski definition) is 3. The lowest BCUT2D eigenvalue weighted by Gasteiger charge is -2.21. The predicted octanol–water partition coefficient (Wildman–Crippen LogP) is 3.97. The molecule has 1 aromatic carbocycles. The second-order valence-electron chi connectivity index (χ2n) is 5.03. The van der Waals surface area contributed by atoms with Gasteiger partial charge in [0.2, 0.25) is 0 Å². The third kappa shape index (κ3) is 2.26. The molecule has 1 aromatic heterocycles. The zero-order valence-electron chi connectivity index (χ0n) is 10.4. The number of nitrogens with two attached hydrogens (primary N) is 1. The summed E-state index contributed by atoms with van der Waals surface area (Å²) < 4.78 is 5.03. The standard InChI is InChI=1S/C15H18N2O/c16-15-17-14(10-18-15)13-8-6-12(7-9-13)11-4-2-1-3-5-11/h6-11H,1-5H2,(H2,16,17). The molecule has 0 saturated heterocycles. The summed E-state index contributed by atoms with van der Waals surface area (Å²) >= 11 is 0. The van der Waals surface area contributed by atoms with E-state index < -0.39 is 0 Å². The molecule has 0 amide bonds. The van der Waals surface area contributed by atoms with Crippen LogP contribution < -0.4 is 5.73 Å². The van der Waals surface area contributed by atoms with Gasteiger partial charge in [0.25, 0.3) is 6.01 Å². The Morgan fingerprint density at radius 3 is 2.39 bits per heavy atom. The van der Waals surface area contributed by atoms with E-state index >= 15 is 0 Å². The summed E-state index contributed by atoms with van der Waals surface area (Å²) in [6.07, 6.45) is 8.39. The number of nitrogen functional groups attached to an aromatic ring is 1. The Bertz CT molecular complexity index is 510. The van der Waals surface area contributed by atoms with E-state index in [-0.39, 0.29) is 6.01 Å². The summed E-state index contributed by atoms with van der Waals surface area (Å²) in [7, 11) is 0. The highest BCUT2D eigenvalue weighted by Crippen LogP contribution is 2.33. The maximum Gasteiger partial charge on any atom is 0.292 e. The third-order valence-corrected chi connectivity index (χ3v) is 3.80. The van der Waals surface area contributed by atoms with Gasteiger partial charge in [-0.05, 0) is 24.3 Å². The number of anilines is 1. The highest BCUT2D eigenvalue weighted by Gasteiger charge is 2.15. The van der Waals surface area contributed by atoms with Gasteiger partial charge in [0.1, 0.15) is 12.0 Å². The Hall–Kier alpha value is -1.77. The van der Waals surface area contributed by atoms with Crippen LogP contribution in [0.4, 0.5) is 6.01 Å². The first-order valence-electron chi connectivity index (χ1n) is 6.64. The van der Waals surface area contributed by atoms with Gasteiger partial charge in [-0.2, -0.15) is 4.98 Å². The lowest BCUT2D eigenvalue weighted by atomic mass is 9.84. The summed E-state index contributed by atoms with van der Waals surface area (Å²) in [6, 6.07) is 8.89. The molecule has 94 valence electrons. The van der Waals surface area contributed by atoms with Crippen molar-refractivity contribution in [2.24, 2.45) is 0 Å². The maximum absolute atomic E-state index is 5.48. The summed E-state index contributed by atoms with van der Waals surface area (Å²) in [4.78, 5) is 4.13. The second-order valence-corrected chi connectivity index (χ2v) is 5.03. The van der Waals surface area contributed by atoms with Crippen LogP contribution in [0.25, 0.3) is 11.3 Å². The third-order valence-electron chi connectivity index (χ3n) is 3.80. The second kappa shape index (κ2) is 4.84. The van der Waals surface area contributed by atoms with Crippen LogP contribution in [-0.2, 0) is 0 Å². The molecule has 0 aliphatic heterocycles. The quantitative estimate of drug-likeness (QED) is 0.866. The van der Waals surface area contributed by atoms with Crippen LogP contribution in [0.3, 0.4) is 0 Å². The maximum atomic E-state index is 5.48. The molecule has 1 aliphatic rings. The lowest BCUT2D eigenvalue weighted by molar-refractivity contribution is 0.443. The minimum absolute atomic E-state index is 0.223.